The Morgan fingerprint density at radius 2 is 2.26 bits per heavy atom. The van der Waals surface area contributed by atoms with E-state index in [0.717, 1.165) is 12.1 Å². The molecular weight excluding hydrogens is 246 g/mol. The first-order chi connectivity index (χ1) is 9.24. The molecule has 7 heteroatoms. The van der Waals surface area contributed by atoms with E-state index in [1.165, 1.54) is 6.33 Å². The van der Waals surface area contributed by atoms with Crippen LogP contribution in [0.4, 0.5) is 0 Å². The van der Waals surface area contributed by atoms with Gasteiger partial charge in [-0.05, 0) is 19.4 Å². The highest BCUT2D eigenvalue weighted by molar-refractivity contribution is 5.52. The summed E-state index contributed by atoms with van der Waals surface area (Å²) in [4.78, 5) is 12.5. The topological polar surface area (TPSA) is 86.0 Å². The predicted molar refractivity (Wildman–Crippen MR) is 66.2 cm³/mol. The van der Waals surface area contributed by atoms with Gasteiger partial charge >= 0.3 is 0 Å². The molecule has 19 heavy (non-hydrogen) atoms. The van der Waals surface area contributed by atoms with Crippen molar-refractivity contribution in [1.29, 1.82) is 0 Å². The predicted octanol–water partition coefficient (Wildman–Crippen LogP) is 0.884. The van der Waals surface area contributed by atoms with Gasteiger partial charge in [-0.1, -0.05) is 5.16 Å². The Balaban J connectivity index is 1.85. The maximum absolute atomic E-state index is 5.76. The second kappa shape index (κ2) is 5.02. The van der Waals surface area contributed by atoms with Gasteiger partial charge in [0.2, 0.25) is 5.82 Å². The van der Waals surface area contributed by atoms with Crippen molar-refractivity contribution in [2.24, 2.45) is 0 Å². The van der Waals surface area contributed by atoms with E-state index in [9.17, 15) is 0 Å². The lowest BCUT2D eigenvalue weighted by atomic mass is 10.2. The Morgan fingerprint density at radius 1 is 1.37 bits per heavy atom. The molecule has 1 fully saturated rings. The summed E-state index contributed by atoms with van der Waals surface area (Å²) >= 11 is 0. The minimum atomic E-state index is -0.202. The Hall–Kier alpha value is -1.86. The molecule has 1 aliphatic heterocycles. The van der Waals surface area contributed by atoms with Gasteiger partial charge in [0, 0.05) is 19.3 Å². The molecule has 0 aliphatic carbocycles. The fourth-order valence-corrected chi connectivity index (χ4v) is 2.04. The number of rotatable bonds is 2. The van der Waals surface area contributed by atoms with Gasteiger partial charge in [0.05, 0.1) is 6.10 Å². The van der Waals surface area contributed by atoms with E-state index in [1.807, 2.05) is 13.8 Å². The van der Waals surface area contributed by atoms with Crippen molar-refractivity contribution in [2.75, 3.05) is 13.1 Å². The summed E-state index contributed by atoms with van der Waals surface area (Å²) in [6, 6.07) is 0. The van der Waals surface area contributed by atoms with E-state index in [2.05, 4.69) is 25.4 Å². The zero-order valence-electron chi connectivity index (χ0n) is 10.8. The number of morpholine rings is 1. The van der Waals surface area contributed by atoms with Gasteiger partial charge in [-0.25, -0.2) is 9.97 Å². The summed E-state index contributed by atoms with van der Waals surface area (Å²) in [5.41, 5.74) is 1.59. The normalized spacial score (nSPS) is 23.5. The summed E-state index contributed by atoms with van der Waals surface area (Å²) in [7, 11) is 0. The third-order valence-corrected chi connectivity index (χ3v) is 2.98. The first-order valence-corrected chi connectivity index (χ1v) is 6.21. The lowest BCUT2D eigenvalue weighted by molar-refractivity contribution is -0.0438. The van der Waals surface area contributed by atoms with Crippen molar-refractivity contribution in [3.8, 4) is 11.5 Å². The molecule has 0 amide bonds. The fraction of sp³-hybridized carbons (Fsp3) is 0.500. The van der Waals surface area contributed by atoms with Crippen LogP contribution in [0.3, 0.4) is 0 Å². The van der Waals surface area contributed by atoms with Crippen molar-refractivity contribution in [3.05, 3.63) is 24.0 Å². The first-order valence-electron chi connectivity index (χ1n) is 6.21. The summed E-state index contributed by atoms with van der Waals surface area (Å²) in [5, 5.41) is 7.23. The maximum atomic E-state index is 5.76. The Kier molecular flexibility index (Phi) is 3.22. The van der Waals surface area contributed by atoms with Crippen molar-refractivity contribution >= 4 is 0 Å². The van der Waals surface area contributed by atoms with Crippen molar-refractivity contribution < 1.29 is 9.26 Å². The third kappa shape index (κ3) is 2.47. The summed E-state index contributed by atoms with van der Waals surface area (Å²) < 4.78 is 11.0. The van der Waals surface area contributed by atoms with Crippen LogP contribution in [0.2, 0.25) is 0 Å². The first kappa shape index (κ1) is 12.2. The largest absolute Gasteiger partial charge is 0.363 e. The second-order valence-electron chi connectivity index (χ2n) is 4.60. The quantitative estimate of drug-likeness (QED) is 0.858. The molecule has 0 unspecified atom stereocenters. The van der Waals surface area contributed by atoms with Crippen LogP contribution in [0.5, 0.6) is 0 Å². The molecule has 2 atom stereocenters. The van der Waals surface area contributed by atoms with Gasteiger partial charge in [-0.15, -0.1) is 0 Å². The number of hydrogen-bond acceptors (Lipinski definition) is 7. The van der Waals surface area contributed by atoms with E-state index < -0.39 is 0 Å². The van der Waals surface area contributed by atoms with Gasteiger partial charge in [0.25, 0.3) is 5.89 Å². The average Bonchev–Trinajstić information content (AvgIpc) is 2.89. The molecule has 1 saturated heterocycles. The van der Waals surface area contributed by atoms with E-state index in [0.29, 0.717) is 24.0 Å². The van der Waals surface area contributed by atoms with Gasteiger partial charge in [-0.3, -0.25) is 0 Å². The summed E-state index contributed by atoms with van der Waals surface area (Å²) in [6.45, 7) is 5.42. The molecular formula is C12H15N5O2. The molecule has 0 spiro atoms. The molecule has 2 aromatic rings. The van der Waals surface area contributed by atoms with E-state index in [1.54, 1.807) is 6.20 Å². The lowest BCUT2D eigenvalue weighted by Crippen LogP contribution is -2.39. The molecule has 0 saturated carbocycles. The number of hydrogen-bond donors (Lipinski definition) is 1. The Morgan fingerprint density at radius 3 is 3.05 bits per heavy atom. The van der Waals surface area contributed by atoms with Crippen LogP contribution in [0.25, 0.3) is 11.5 Å². The number of nitrogens with one attached hydrogen (secondary N) is 1. The molecule has 3 heterocycles. The average molecular weight is 261 g/mol. The molecule has 0 bridgehead atoms. The Bertz CT molecular complexity index is 571. The van der Waals surface area contributed by atoms with Crippen LogP contribution in [0, 0.1) is 6.92 Å². The lowest BCUT2D eigenvalue weighted by Gasteiger charge is -2.25. The molecule has 2 aromatic heterocycles. The zero-order chi connectivity index (χ0) is 13.2. The highest BCUT2D eigenvalue weighted by atomic mass is 16.5. The van der Waals surface area contributed by atoms with Gasteiger partial charge in [0.15, 0.2) is 0 Å². The molecule has 1 N–H and O–H groups in total. The summed E-state index contributed by atoms with van der Waals surface area (Å²) in [6.07, 6.45) is 3.13. The minimum absolute atomic E-state index is 0.134. The maximum Gasteiger partial charge on any atom is 0.257 e. The highest BCUT2D eigenvalue weighted by Gasteiger charge is 2.26. The van der Waals surface area contributed by atoms with Crippen LogP contribution in [0.15, 0.2) is 17.0 Å². The van der Waals surface area contributed by atoms with Crippen molar-refractivity contribution in [3.63, 3.8) is 0 Å². The molecule has 3 rings (SSSR count). The molecule has 0 aromatic carbocycles. The molecule has 100 valence electrons. The standard InChI is InChI=1S/C12H15N5O2/c1-7-3-14-6-15-10(7)11-16-12(19-17-11)9-5-13-4-8(2)18-9/h3,6,8-9,13H,4-5H2,1-2H3/t8-,9-/m1/s1. The monoisotopic (exact) mass is 261 g/mol. The fourth-order valence-electron chi connectivity index (χ4n) is 2.04. The van der Waals surface area contributed by atoms with Crippen LogP contribution < -0.4 is 5.32 Å². The number of aromatic nitrogens is 4. The molecule has 1 aliphatic rings. The molecule has 7 nitrogen and oxygen atoms in total. The zero-order valence-corrected chi connectivity index (χ0v) is 10.8. The van der Waals surface area contributed by atoms with Gasteiger partial charge in [0.1, 0.15) is 18.1 Å². The SMILES string of the molecule is Cc1cncnc1-c1noc([C@H]2CNC[C@@H](C)O2)n1. The van der Waals surface area contributed by atoms with Crippen LogP contribution in [-0.4, -0.2) is 39.3 Å². The van der Waals surface area contributed by atoms with Crippen LogP contribution in [0.1, 0.15) is 24.5 Å². The van der Waals surface area contributed by atoms with Crippen molar-refractivity contribution in [1.82, 2.24) is 25.4 Å². The van der Waals surface area contributed by atoms with Crippen molar-refractivity contribution in [2.45, 2.75) is 26.1 Å². The van der Waals surface area contributed by atoms with Gasteiger partial charge in [-0.2, -0.15) is 4.98 Å². The minimum Gasteiger partial charge on any atom is -0.363 e. The second-order valence-corrected chi connectivity index (χ2v) is 4.60. The van der Waals surface area contributed by atoms with Crippen LogP contribution in [-0.2, 0) is 4.74 Å². The van der Waals surface area contributed by atoms with E-state index >= 15 is 0 Å². The summed E-state index contributed by atoms with van der Waals surface area (Å²) in [5.74, 6) is 0.948. The molecule has 0 radical (unpaired) electrons. The number of nitrogens with zero attached hydrogens (tertiary/aromatic N) is 4. The number of aryl methyl sites for hydroxylation is 1. The third-order valence-electron chi connectivity index (χ3n) is 2.98. The van der Waals surface area contributed by atoms with E-state index in [-0.39, 0.29) is 12.2 Å². The number of ether oxygens (including phenoxy) is 1. The smallest absolute Gasteiger partial charge is 0.257 e. The highest BCUT2D eigenvalue weighted by Crippen LogP contribution is 2.23. The van der Waals surface area contributed by atoms with Crippen LogP contribution >= 0.6 is 0 Å². The Labute approximate surface area is 110 Å². The van der Waals surface area contributed by atoms with E-state index in [4.69, 9.17) is 9.26 Å². The van der Waals surface area contributed by atoms with Gasteiger partial charge < -0.3 is 14.6 Å².